The molecule has 0 aromatic carbocycles. The molecule has 19 heteroatoms. The Balaban J connectivity index is 5.11. The summed E-state index contributed by atoms with van der Waals surface area (Å²) < 4.78 is 67.7. The quantitative estimate of drug-likeness (QED) is 0.0222. The third-order valence-electron chi connectivity index (χ3n) is 14.7. The number of carbonyl (C=O) groups excluding carboxylic acids is 4. The highest BCUT2D eigenvalue weighted by Crippen LogP contribution is 2.45. The Morgan fingerprint density at radius 1 is 0.325 bits per heavy atom. The van der Waals surface area contributed by atoms with Crippen molar-refractivity contribution in [3.8, 4) is 0 Å². The highest BCUT2D eigenvalue weighted by molar-refractivity contribution is 7.47. The molecule has 0 saturated heterocycles. The molecule has 0 aliphatic carbocycles. The van der Waals surface area contributed by atoms with E-state index in [4.69, 9.17) is 37.0 Å². The molecular formula is C64H124O17P2. The lowest BCUT2D eigenvalue weighted by atomic mass is 10.0. The molecule has 0 fully saturated rings. The maximum absolute atomic E-state index is 13.0. The van der Waals surface area contributed by atoms with Crippen molar-refractivity contribution in [2.24, 2.45) is 11.8 Å². The zero-order chi connectivity index (χ0) is 61.5. The van der Waals surface area contributed by atoms with E-state index in [2.05, 4.69) is 41.5 Å². The van der Waals surface area contributed by atoms with Crippen LogP contribution in [0.25, 0.3) is 0 Å². The van der Waals surface area contributed by atoms with Gasteiger partial charge in [-0.05, 0) is 37.5 Å². The summed E-state index contributed by atoms with van der Waals surface area (Å²) in [5.41, 5.74) is 0. The molecule has 0 aromatic heterocycles. The normalized spacial score (nSPS) is 14.3. The molecule has 492 valence electrons. The van der Waals surface area contributed by atoms with E-state index in [-0.39, 0.29) is 25.7 Å². The standard InChI is InChI=1S/C64H124O17P2/c1-7-9-11-13-14-15-25-28-35-41-47-62(67)75-53-60(80-63(68)48-42-36-29-26-23-21-19-17-16-18-20-22-24-27-33-38-44-56(3)4)55-79-83(72,73)77-51-58(65)50-76-82(70,71)78-54-59(52-74-61(66)46-40-32-12-10-8-2)81-64(69)49-43-37-31-30-34-39-45-57(5)6/h56-60,65H,7-55H2,1-6H3,(H,70,71)(H,72,73)/t58-,59+,60+/m0/s1. The fourth-order valence-corrected chi connectivity index (χ4v) is 11.1. The molecule has 0 amide bonds. The summed E-state index contributed by atoms with van der Waals surface area (Å²) in [4.78, 5) is 71.9. The summed E-state index contributed by atoms with van der Waals surface area (Å²) in [5, 5.41) is 10.5. The number of rotatable bonds is 63. The predicted octanol–water partition coefficient (Wildman–Crippen LogP) is 17.7. The van der Waals surface area contributed by atoms with Gasteiger partial charge in [-0.25, -0.2) is 9.13 Å². The third-order valence-corrected chi connectivity index (χ3v) is 16.6. The Bertz CT molecular complexity index is 1630. The van der Waals surface area contributed by atoms with Crippen LogP contribution in [0.1, 0.15) is 318 Å². The van der Waals surface area contributed by atoms with Crippen LogP contribution in [0.2, 0.25) is 0 Å². The number of aliphatic hydroxyl groups is 1. The Morgan fingerprint density at radius 3 is 0.819 bits per heavy atom. The minimum atomic E-state index is -4.94. The van der Waals surface area contributed by atoms with E-state index < -0.39 is 97.5 Å². The maximum atomic E-state index is 13.0. The largest absolute Gasteiger partial charge is 0.472 e. The molecule has 0 aromatic rings. The van der Waals surface area contributed by atoms with E-state index >= 15 is 0 Å². The number of phosphoric ester groups is 2. The first-order valence-corrected chi connectivity index (χ1v) is 36.5. The van der Waals surface area contributed by atoms with Crippen molar-refractivity contribution in [3.05, 3.63) is 0 Å². The Morgan fingerprint density at radius 2 is 0.554 bits per heavy atom. The number of ether oxygens (including phenoxy) is 4. The van der Waals surface area contributed by atoms with Crippen LogP contribution in [0.3, 0.4) is 0 Å². The monoisotopic (exact) mass is 1230 g/mol. The van der Waals surface area contributed by atoms with Crippen molar-refractivity contribution < 1.29 is 80.2 Å². The lowest BCUT2D eigenvalue weighted by molar-refractivity contribution is -0.161. The number of aliphatic hydroxyl groups excluding tert-OH is 1. The summed E-state index contributed by atoms with van der Waals surface area (Å²) in [6.07, 6.45) is 39.6. The van der Waals surface area contributed by atoms with E-state index in [0.717, 1.165) is 102 Å². The van der Waals surface area contributed by atoms with E-state index in [1.54, 1.807) is 0 Å². The number of unbranched alkanes of at least 4 members (excludes halogenated alkanes) is 33. The number of carbonyl (C=O) groups is 4. The van der Waals surface area contributed by atoms with Gasteiger partial charge in [0, 0.05) is 25.7 Å². The van der Waals surface area contributed by atoms with E-state index in [1.807, 2.05) is 0 Å². The molecule has 83 heavy (non-hydrogen) atoms. The van der Waals surface area contributed by atoms with Gasteiger partial charge in [-0.15, -0.1) is 0 Å². The summed E-state index contributed by atoms with van der Waals surface area (Å²) in [6, 6.07) is 0. The number of hydrogen-bond acceptors (Lipinski definition) is 15. The van der Waals surface area contributed by atoms with Gasteiger partial charge < -0.3 is 33.8 Å². The fourth-order valence-electron chi connectivity index (χ4n) is 9.53. The van der Waals surface area contributed by atoms with Crippen molar-refractivity contribution in [3.63, 3.8) is 0 Å². The highest BCUT2D eigenvalue weighted by Gasteiger charge is 2.30. The van der Waals surface area contributed by atoms with Gasteiger partial charge in [-0.3, -0.25) is 37.3 Å². The van der Waals surface area contributed by atoms with Crippen LogP contribution < -0.4 is 0 Å². The molecule has 0 heterocycles. The Kier molecular flexibility index (Phi) is 55.2. The van der Waals surface area contributed by atoms with E-state index in [1.165, 1.54) is 128 Å². The molecule has 3 N–H and O–H groups in total. The Labute approximate surface area is 505 Å². The Hall–Kier alpha value is -1.94. The summed E-state index contributed by atoms with van der Waals surface area (Å²) in [5.74, 6) is -0.670. The van der Waals surface area contributed by atoms with Crippen molar-refractivity contribution in [1.82, 2.24) is 0 Å². The fraction of sp³-hybridized carbons (Fsp3) is 0.938. The average molecular weight is 1230 g/mol. The summed E-state index contributed by atoms with van der Waals surface area (Å²) in [7, 11) is -9.87. The van der Waals surface area contributed by atoms with Gasteiger partial charge in [0.05, 0.1) is 26.4 Å². The summed E-state index contributed by atoms with van der Waals surface area (Å²) >= 11 is 0. The minimum absolute atomic E-state index is 0.101. The second kappa shape index (κ2) is 56.6. The van der Waals surface area contributed by atoms with Crippen LogP contribution in [0.5, 0.6) is 0 Å². The zero-order valence-electron chi connectivity index (χ0n) is 53.5. The van der Waals surface area contributed by atoms with Crippen molar-refractivity contribution in [2.45, 2.75) is 336 Å². The van der Waals surface area contributed by atoms with Gasteiger partial charge in [0.25, 0.3) is 0 Å². The van der Waals surface area contributed by atoms with Crippen LogP contribution >= 0.6 is 15.6 Å². The second-order valence-corrected chi connectivity index (χ2v) is 27.0. The van der Waals surface area contributed by atoms with E-state index in [9.17, 15) is 43.2 Å². The molecule has 0 rings (SSSR count). The first-order valence-electron chi connectivity index (χ1n) is 33.5. The van der Waals surface area contributed by atoms with Gasteiger partial charge >= 0.3 is 39.5 Å². The van der Waals surface area contributed by atoms with Crippen molar-refractivity contribution >= 4 is 39.5 Å². The number of phosphoric acid groups is 2. The van der Waals surface area contributed by atoms with Gasteiger partial charge in [0.1, 0.15) is 19.3 Å². The van der Waals surface area contributed by atoms with Crippen molar-refractivity contribution in [1.29, 1.82) is 0 Å². The first-order chi connectivity index (χ1) is 39.9. The maximum Gasteiger partial charge on any atom is 0.472 e. The number of esters is 4. The molecular weight excluding hydrogens is 1100 g/mol. The smallest absolute Gasteiger partial charge is 0.462 e. The topological polar surface area (TPSA) is 237 Å². The van der Waals surface area contributed by atoms with Crippen LogP contribution in [0, 0.1) is 11.8 Å². The van der Waals surface area contributed by atoms with E-state index in [0.29, 0.717) is 31.6 Å². The van der Waals surface area contributed by atoms with Crippen LogP contribution in [0.4, 0.5) is 0 Å². The van der Waals surface area contributed by atoms with Gasteiger partial charge in [-0.1, -0.05) is 266 Å². The summed E-state index contributed by atoms with van der Waals surface area (Å²) in [6.45, 7) is 9.33. The molecule has 0 spiro atoms. The van der Waals surface area contributed by atoms with Crippen molar-refractivity contribution in [2.75, 3.05) is 39.6 Å². The highest BCUT2D eigenvalue weighted by atomic mass is 31.2. The molecule has 17 nitrogen and oxygen atoms in total. The molecule has 0 radical (unpaired) electrons. The first kappa shape index (κ1) is 81.1. The molecule has 5 atom stereocenters. The van der Waals surface area contributed by atoms with Crippen LogP contribution in [0.15, 0.2) is 0 Å². The van der Waals surface area contributed by atoms with Gasteiger partial charge in [0.2, 0.25) is 0 Å². The number of hydrogen-bond donors (Lipinski definition) is 3. The van der Waals surface area contributed by atoms with Gasteiger partial charge in [-0.2, -0.15) is 0 Å². The third kappa shape index (κ3) is 58.8. The molecule has 0 aliphatic rings. The minimum Gasteiger partial charge on any atom is -0.462 e. The zero-order valence-corrected chi connectivity index (χ0v) is 55.3. The molecule has 0 aliphatic heterocycles. The SMILES string of the molecule is CCCCCCCCCCCCC(=O)OC[C@H](COP(=O)(O)OC[C@@H](O)COP(=O)(O)OC[C@@H](COC(=O)CCCCCCC)OC(=O)CCCCCCCCC(C)C)OC(=O)CCCCCCCCCCCCCCCCCCC(C)C. The average Bonchev–Trinajstić information content (AvgIpc) is 3.45. The van der Waals surface area contributed by atoms with Crippen LogP contribution in [-0.2, 0) is 65.4 Å². The lowest BCUT2D eigenvalue weighted by Gasteiger charge is -2.21. The molecule has 0 bridgehead atoms. The molecule has 0 saturated carbocycles. The van der Waals surface area contributed by atoms with Crippen LogP contribution in [-0.4, -0.2) is 96.7 Å². The van der Waals surface area contributed by atoms with Gasteiger partial charge in [0.15, 0.2) is 12.2 Å². The molecule has 2 unspecified atom stereocenters. The second-order valence-electron chi connectivity index (χ2n) is 24.1. The lowest BCUT2D eigenvalue weighted by Crippen LogP contribution is -2.30. The predicted molar refractivity (Wildman–Crippen MR) is 331 cm³/mol.